The first-order valence-electron chi connectivity index (χ1n) is 10.8. The van der Waals surface area contributed by atoms with E-state index in [1.165, 1.54) is 12.5 Å². The summed E-state index contributed by atoms with van der Waals surface area (Å²) in [7, 11) is 0. The molecule has 5 heteroatoms. The minimum atomic E-state index is -1.26. The Hall–Kier alpha value is -0.680. The molecule has 4 nitrogen and oxygen atoms in total. The first kappa shape index (κ1) is 20.6. The van der Waals surface area contributed by atoms with Crippen LogP contribution in [-0.4, -0.2) is 33.4 Å². The molecule has 156 valence electrons. The second-order valence-electron chi connectivity index (χ2n) is 10.2. The number of halogens is 1. The fraction of sp³-hybridized carbons (Fsp3) is 0.826. The summed E-state index contributed by atoms with van der Waals surface area (Å²) in [4.78, 5) is 23.7. The third-order valence-corrected chi connectivity index (χ3v) is 10.1. The van der Waals surface area contributed by atoms with Crippen molar-refractivity contribution in [2.24, 2.45) is 28.6 Å². The standard InChI is InChI=1S/C23H33BrO4/c1-13(25)23(27)20(24)12-19-17-6-5-15-11-16(28-14(2)26)7-9-21(15,3)18(17)8-10-22(19,23)4/h5,16-20,27H,6-12H2,1-4H3/t16?,17-,18+,19+,20?,21+,22+,23-/m1/s1. The van der Waals surface area contributed by atoms with Crippen LogP contribution in [0.5, 0.6) is 0 Å². The molecule has 4 aliphatic carbocycles. The van der Waals surface area contributed by atoms with E-state index in [4.69, 9.17) is 4.74 Å². The van der Waals surface area contributed by atoms with Crippen LogP contribution in [0.1, 0.15) is 72.6 Å². The summed E-state index contributed by atoms with van der Waals surface area (Å²) < 4.78 is 5.52. The highest BCUT2D eigenvalue weighted by atomic mass is 79.9. The Morgan fingerprint density at radius 3 is 2.54 bits per heavy atom. The quantitative estimate of drug-likeness (QED) is 0.378. The van der Waals surface area contributed by atoms with E-state index in [2.05, 4.69) is 35.9 Å². The molecule has 0 amide bonds. The summed E-state index contributed by atoms with van der Waals surface area (Å²) in [6.45, 7) is 7.59. The van der Waals surface area contributed by atoms with E-state index in [0.29, 0.717) is 17.8 Å². The fourth-order valence-electron chi connectivity index (χ4n) is 7.56. The van der Waals surface area contributed by atoms with Crippen molar-refractivity contribution in [1.82, 2.24) is 0 Å². The number of Topliss-reactive ketones (excluding diaryl/α,β-unsaturated/α-hetero) is 1. The van der Waals surface area contributed by atoms with Crippen molar-refractivity contribution in [3.05, 3.63) is 11.6 Å². The maximum absolute atomic E-state index is 12.5. The monoisotopic (exact) mass is 452 g/mol. The third kappa shape index (κ3) is 2.64. The number of ether oxygens (including phenoxy) is 1. The van der Waals surface area contributed by atoms with Gasteiger partial charge in [0.2, 0.25) is 0 Å². The molecule has 0 radical (unpaired) electrons. The van der Waals surface area contributed by atoms with E-state index < -0.39 is 5.60 Å². The van der Waals surface area contributed by atoms with Crippen molar-refractivity contribution in [1.29, 1.82) is 0 Å². The molecule has 0 saturated heterocycles. The molecule has 8 atom stereocenters. The van der Waals surface area contributed by atoms with E-state index in [1.54, 1.807) is 6.92 Å². The molecule has 3 fully saturated rings. The molecule has 2 unspecified atom stereocenters. The molecular weight excluding hydrogens is 420 g/mol. The molecule has 0 aliphatic heterocycles. The average molecular weight is 453 g/mol. The highest BCUT2D eigenvalue weighted by Gasteiger charge is 2.68. The van der Waals surface area contributed by atoms with Crippen molar-refractivity contribution in [3.63, 3.8) is 0 Å². The van der Waals surface area contributed by atoms with Crippen molar-refractivity contribution in [2.45, 2.75) is 89.2 Å². The van der Waals surface area contributed by atoms with Crippen LogP contribution in [0.2, 0.25) is 0 Å². The Kier molecular flexibility index (Phi) is 4.90. The number of esters is 1. The van der Waals surface area contributed by atoms with Crippen molar-refractivity contribution < 1.29 is 19.4 Å². The molecule has 1 N–H and O–H groups in total. The van der Waals surface area contributed by atoms with Crippen LogP contribution in [0, 0.1) is 28.6 Å². The van der Waals surface area contributed by atoms with E-state index in [-0.39, 0.29) is 33.5 Å². The smallest absolute Gasteiger partial charge is 0.302 e. The fourth-order valence-corrected chi connectivity index (χ4v) is 8.81. The van der Waals surface area contributed by atoms with Gasteiger partial charge < -0.3 is 9.84 Å². The molecule has 0 heterocycles. The first-order valence-corrected chi connectivity index (χ1v) is 11.7. The molecular formula is C23H33BrO4. The maximum atomic E-state index is 12.5. The van der Waals surface area contributed by atoms with Gasteiger partial charge in [0, 0.05) is 18.8 Å². The maximum Gasteiger partial charge on any atom is 0.302 e. The van der Waals surface area contributed by atoms with Gasteiger partial charge in [-0.15, -0.1) is 0 Å². The Morgan fingerprint density at radius 1 is 1.18 bits per heavy atom. The normalized spacial score (nSPS) is 50.1. The lowest BCUT2D eigenvalue weighted by atomic mass is 9.47. The Bertz CT molecular complexity index is 732. The van der Waals surface area contributed by atoms with E-state index >= 15 is 0 Å². The Balaban J connectivity index is 1.64. The topological polar surface area (TPSA) is 63.6 Å². The molecule has 0 aromatic rings. The average Bonchev–Trinajstić information content (AvgIpc) is 2.83. The lowest BCUT2D eigenvalue weighted by Gasteiger charge is -2.58. The summed E-state index contributed by atoms with van der Waals surface area (Å²) in [5.41, 5.74) is -0.00426. The van der Waals surface area contributed by atoms with Crippen LogP contribution in [-0.2, 0) is 14.3 Å². The Morgan fingerprint density at radius 2 is 1.89 bits per heavy atom. The van der Waals surface area contributed by atoms with Crippen LogP contribution in [0.25, 0.3) is 0 Å². The van der Waals surface area contributed by atoms with Crippen LogP contribution in [0.3, 0.4) is 0 Å². The van der Waals surface area contributed by atoms with Crippen molar-refractivity contribution >= 4 is 27.7 Å². The van der Waals surface area contributed by atoms with Gasteiger partial charge in [0.25, 0.3) is 0 Å². The number of hydrogen-bond donors (Lipinski definition) is 1. The largest absolute Gasteiger partial charge is 0.462 e. The lowest BCUT2D eigenvalue weighted by Crippen LogP contribution is -2.58. The minimum Gasteiger partial charge on any atom is -0.462 e. The number of rotatable bonds is 2. The number of carbonyl (C=O) groups excluding carboxylic acids is 2. The van der Waals surface area contributed by atoms with Crippen LogP contribution in [0.4, 0.5) is 0 Å². The molecule has 28 heavy (non-hydrogen) atoms. The predicted octanol–water partition coefficient (Wildman–Crippen LogP) is 4.57. The highest BCUT2D eigenvalue weighted by Crippen LogP contribution is 2.68. The van der Waals surface area contributed by atoms with Gasteiger partial charge in [0.05, 0.1) is 4.83 Å². The van der Waals surface area contributed by atoms with Gasteiger partial charge in [-0.05, 0) is 68.6 Å². The number of aliphatic hydroxyl groups is 1. The SMILES string of the molecule is CC(=O)OC1CC[C@@]2(C)C(=CC[C@@H]3[C@@H]2CC[C@@]2(C)[C@H]3CC(Br)[C@]2(O)C(C)=O)C1. The molecule has 0 spiro atoms. The molecule has 0 bridgehead atoms. The lowest BCUT2D eigenvalue weighted by molar-refractivity contribution is -0.159. The zero-order valence-electron chi connectivity index (χ0n) is 17.5. The van der Waals surface area contributed by atoms with Crippen LogP contribution in [0.15, 0.2) is 11.6 Å². The zero-order valence-corrected chi connectivity index (χ0v) is 19.0. The third-order valence-electron chi connectivity index (χ3n) is 9.10. The second kappa shape index (κ2) is 6.66. The summed E-state index contributed by atoms with van der Waals surface area (Å²) in [6.07, 6.45) is 9.08. The van der Waals surface area contributed by atoms with Crippen LogP contribution < -0.4 is 0 Å². The number of hydrogen-bond acceptors (Lipinski definition) is 4. The number of carbonyl (C=O) groups is 2. The van der Waals surface area contributed by atoms with E-state index in [1.807, 2.05) is 0 Å². The molecule has 0 aromatic carbocycles. The van der Waals surface area contributed by atoms with Gasteiger partial charge >= 0.3 is 5.97 Å². The predicted molar refractivity (Wildman–Crippen MR) is 111 cm³/mol. The minimum absolute atomic E-state index is 0.0171. The molecule has 3 saturated carbocycles. The molecule has 4 rings (SSSR count). The van der Waals surface area contributed by atoms with Crippen molar-refractivity contribution in [3.8, 4) is 0 Å². The van der Waals surface area contributed by atoms with Gasteiger partial charge in [0.1, 0.15) is 11.7 Å². The number of alkyl halides is 1. The van der Waals surface area contributed by atoms with Gasteiger partial charge in [-0.2, -0.15) is 0 Å². The summed E-state index contributed by atoms with van der Waals surface area (Å²) in [5.74, 6) is 1.15. The van der Waals surface area contributed by atoms with E-state index in [9.17, 15) is 14.7 Å². The Labute approximate surface area is 176 Å². The number of ketones is 1. The summed E-state index contributed by atoms with van der Waals surface area (Å²) in [5, 5.41) is 11.4. The second-order valence-corrected chi connectivity index (χ2v) is 11.3. The summed E-state index contributed by atoms with van der Waals surface area (Å²) in [6, 6.07) is 0. The summed E-state index contributed by atoms with van der Waals surface area (Å²) >= 11 is 3.68. The van der Waals surface area contributed by atoms with Crippen molar-refractivity contribution in [2.75, 3.05) is 0 Å². The first-order chi connectivity index (χ1) is 13.0. The number of fused-ring (bicyclic) bond motifs is 5. The molecule has 0 aromatic heterocycles. The van der Waals surface area contributed by atoms with Crippen LogP contribution >= 0.6 is 15.9 Å². The van der Waals surface area contributed by atoms with Gasteiger partial charge in [0.15, 0.2) is 5.78 Å². The van der Waals surface area contributed by atoms with E-state index in [0.717, 1.165) is 44.9 Å². The number of allylic oxidation sites excluding steroid dienone is 1. The van der Waals surface area contributed by atoms with Gasteiger partial charge in [-0.3, -0.25) is 9.59 Å². The van der Waals surface area contributed by atoms with Gasteiger partial charge in [-0.25, -0.2) is 0 Å². The molecule has 4 aliphatic rings. The zero-order chi connectivity index (χ0) is 20.5. The highest BCUT2D eigenvalue weighted by molar-refractivity contribution is 9.09. The van der Waals surface area contributed by atoms with Gasteiger partial charge in [-0.1, -0.05) is 41.4 Å².